The van der Waals surface area contributed by atoms with Crippen LogP contribution in [0.15, 0.2) is 60.7 Å². The molecule has 1 aliphatic carbocycles. The largest absolute Gasteiger partial charge is 0.383 e. The van der Waals surface area contributed by atoms with Crippen molar-refractivity contribution in [1.82, 2.24) is 19.6 Å². The number of carbonyl (C=O) groups is 2. The van der Waals surface area contributed by atoms with Crippen molar-refractivity contribution in [3.8, 4) is 0 Å². The second-order valence-corrected chi connectivity index (χ2v) is 10.2. The van der Waals surface area contributed by atoms with Crippen LogP contribution in [0.2, 0.25) is 0 Å². The maximum Gasteiger partial charge on any atom is 0.226 e. The molecule has 2 unspecified atom stereocenters. The van der Waals surface area contributed by atoms with Gasteiger partial charge in [-0.25, -0.2) is 0 Å². The minimum Gasteiger partial charge on any atom is -0.383 e. The number of ether oxygens (including phenoxy) is 1. The number of rotatable bonds is 8. The van der Waals surface area contributed by atoms with Crippen LogP contribution in [0.1, 0.15) is 23.6 Å². The highest BCUT2D eigenvalue weighted by atomic mass is 16.5. The molecule has 2 saturated heterocycles. The van der Waals surface area contributed by atoms with E-state index in [-0.39, 0.29) is 29.7 Å². The molecule has 5 rings (SSSR count). The molecule has 0 bridgehead atoms. The number of nitrogens with zero attached hydrogens (tertiary/aromatic N) is 4. The van der Waals surface area contributed by atoms with E-state index >= 15 is 0 Å². The molecule has 3 fully saturated rings. The fourth-order valence-electron chi connectivity index (χ4n) is 5.71. The molecule has 0 aromatic heterocycles. The Morgan fingerprint density at radius 2 is 1.22 bits per heavy atom. The van der Waals surface area contributed by atoms with Gasteiger partial charge >= 0.3 is 0 Å². The van der Waals surface area contributed by atoms with Crippen LogP contribution in [0.3, 0.4) is 0 Å². The minimum atomic E-state index is -0.130. The van der Waals surface area contributed by atoms with E-state index in [0.717, 1.165) is 52.4 Å². The standard InChI is InChI=1S/C29H38N4O3/c1-36-21-20-30-12-14-32(15-13-30)28(34)25-22-26(25)29(35)33-18-16-31(17-19-33)27(23-8-4-2-5-9-23)24-10-6-3-7-11-24/h2-11,25-27H,12-22H2,1H3. The van der Waals surface area contributed by atoms with Crippen LogP contribution in [0.5, 0.6) is 0 Å². The first-order valence-corrected chi connectivity index (χ1v) is 13.3. The summed E-state index contributed by atoms with van der Waals surface area (Å²) in [6.07, 6.45) is 0.707. The van der Waals surface area contributed by atoms with E-state index in [1.54, 1.807) is 7.11 Å². The van der Waals surface area contributed by atoms with Crippen molar-refractivity contribution in [2.24, 2.45) is 11.8 Å². The van der Waals surface area contributed by atoms with Crippen LogP contribution in [0.25, 0.3) is 0 Å². The summed E-state index contributed by atoms with van der Waals surface area (Å²) >= 11 is 0. The number of benzene rings is 2. The van der Waals surface area contributed by atoms with Gasteiger partial charge in [-0.2, -0.15) is 0 Å². The molecule has 2 aromatic rings. The highest BCUT2D eigenvalue weighted by Gasteiger charge is 2.51. The Balaban J connectivity index is 1.14. The highest BCUT2D eigenvalue weighted by Crippen LogP contribution is 2.42. The zero-order valence-corrected chi connectivity index (χ0v) is 21.3. The Morgan fingerprint density at radius 3 is 1.69 bits per heavy atom. The molecule has 7 heteroatoms. The van der Waals surface area contributed by atoms with Crippen molar-refractivity contribution in [2.75, 3.05) is 72.6 Å². The van der Waals surface area contributed by atoms with Crippen molar-refractivity contribution < 1.29 is 14.3 Å². The minimum absolute atomic E-state index is 0.123. The molecule has 192 valence electrons. The maximum absolute atomic E-state index is 13.3. The van der Waals surface area contributed by atoms with Gasteiger partial charge in [-0.3, -0.25) is 19.4 Å². The molecule has 1 saturated carbocycles. The van der Waals surface area contributed by atoms with Gasteiger partial charge in [-0.1, -0.05) is 60.7 Å². The third-order valence-corrected chi connectivity index (χ3v) is 7.94. The van der Waals surface area contributed by atoms with Crippen LogP contribution in [-0.2, 0) is 14.3 Å². The fraction of sp³-hybridized carbons (Fsp3) is 0.517. The first-order valence-electron chi connectivity index (χ1n) is 13.3. The molecule has 36 heavy (non-hydrogen) atoms. The molecular weight excluding hydrogens is 452 g/mol. The second kappa shape index (κ2) is 11.5. The molecule has 0 N–H and O–H groups in total. The Labute approximate surface area is 214 Å². The zero-order chi connectivity index (χ0) is 24.9. The van der Waals surface area contributed by atoms with Gasteiger partial charge in [0.25, 0.3) is 0 Å². The Kier molecular flexibility index (Phi) is 7.99. The van der Waals surface area contributed by atoms with Crippen molar-refractivity contribution in [1.29, 1.82) is 0 Å². The summed E-state index contributed by atoms with van der Waals surface area (Å²) in [5.41, 5.74) is 2.55. The Morgan fingerprint density at radius 1 is 0.750 bits per heavy atom. The van der Waals surface area contributed by atoms with Gasteiger partial charge in [0.05, 0.1) is 24.5 Å². The van der Waals surface area contributed by atoms with E-state index in [1.165, 1.54) is 11.1 Å². The highest BCUT2D eigenvalue weighted by molar-refractivity contribution is 5.92. The fourth-order valence-corrected chi connectivity index (χ4v) is 5.71. The maximum atomic E-state index is 13.3. The Hall–Kier alpha value is -2.74. The number of hydrogen-bond donors (Lipinski definition) is 0. The smallest absolute Gasteiger partial charge is 0.226 e. The van der Waals surface area contributed by atoms with Crippen molar-refractivity contribution in [2.45, 2.75) is 12.5 Å². The predicted molar refractivity (Wildman–Crippen MR) is 139 cm³/mol. The first kappa shape index (κ1) is 24.9. The normalized spacial score (nSPS) is 23.2. The summed E-state index contributed by atoms with van der Waals surface area (Å²) in [7, 11) is 1.72. The second-order valence-electron chi connectivity index (χ2n) is 10.2. The van der Waals surface area contributed by atoms with E-state index < -0.39 is 0 Å². The molecule has 2 amide bonds. The van der Waals surface area contributed by atoms with E-state index in [4.69, 9.17) is 4.74 Å². The van der Waals surface area contributed by atoms with Gasteiger partial charge in [0.15, 0.2) is 0 Å². The lowest BCUT2D eigenvalue weighted by atomic mass is 9.96. The quantitative estimate of drug-likeness (QED) is 0.569. The molecule has 3 aliphatic rings. The molecular formula is C29H38N4O3. The van der Waals surface area contributed by atoms with Gasteiger partial charge in [0, 0.05) is 66.0 Å². The molecule has 2 aliphatic heterocycles. The third kappa shape index (κ3) is 5.64. The van der Waals surface area contributed by atoms with Crippen molar-refractivity contribution in [3.05, 3.63) is 71.8 Å². The molecule has 0 radical (unpaired) electrons. The molecule has 2 atom stereocenters. The lowest BCUT2D eigenvalue weighted by Crippen LogP contribution is -2.51. The molecule has 0 spiro atoms. The van der Waals surface area contributed by atoms with Crippen LogP contribution < -0.4 is 0 Å². The van der Waals surface area contributed by atoms with Crippen molar-refractivity contribution >= 4 is 11.8 Å². The monoisotopic (exact) mass is 490 g/mol. The first-order chi connectivity index (χ1) is 17.7. The van der Waals surface area contributed by atoms with Crippen LogP contribution in [0.4, 0.5) is 0 Å². The van der Waals surface area contributed by atoms with E-state index in [0.29, 0.717) is 19.5 Å². The van der Waals surface area contributed by atoms with Crippen LogP contribution >= 0.6 is 0 Å². The lowest BCUT2D eigenvalue weighted by molar-refractivity contribution is -0.140. The number of piperazine rings is 2. The predicted octanol–water partition coefficient (Wildman–Crippen LogP) is 2.35. The number of amides is 2. The van der Waals surface area contributed by atoms with Gasteiger partial charge in [-0.05, 0) is 17.5 Å². The lowest BCUT2D eigenvalue weighted by Gasteiger charge is -2.40. The SMILES string of the molecule is COCCN1CCN(C(=O)C2CC2C(=O)N2CCN(C(c3ccccc3)c3ccccc3)CC2)CC1. The van der Waals surface area contributed by atoms with Crippen molar-refractivity contribution in [3.63, 3.8) is 0 Å². The summed E-state index contributed by atoms with van der Waals surface area (Å²) in [6, 6.07) is 21.4. The average molecular weight is 491 g/mol. The van der Waals surface area contributed by atoms with Gasteiger partial charge in [-0.15, -0.1) is 0 Å². The summed E-state index contributed by atoms with van der Waals surface area (Å²) in [5, 5.41) is 0. The number of methoxy groups -OCH3 is 1. The zero-order valence-electron chi connectivity index (χ0n) is 21.3. The van der Waals surface area contributed by atoms with Gasteiger partial charge in [0.2, 0.25) is 11.8 Å². The molecule has 2 heterocycles. The van der Waals surface area contributed by atoms with Crippen LogP contribution in [-0.4, -0.2) is 104 Å². The van der Waals surface area contributed by atoms with Crippen LogP contribution in [0, 0.1) is 11.8 Å². The van der Waals surface area contributed by atoms with E-state index in [9.17, 15) is 9.59 Å². The molecule has 2 aromatic carbocycles. The summed E-state index contributed by atoms with van der Waals surface area (Å²) in [5.74, 6) is 0.0892. The number of carbonyl (C=O) groups excluding carboxylic acids is 2. The summed E-state index contributed by atoms with van der Waals surface area (Å²) in [4.78, 5) is 35.1. The van der Waals surface area contributed by atoms with Gasteiger partial charge < -0.3 is 14.5 Å². The number of hydrogen-bond acceptors (Lipinski definition) is 5. The third-order valence-electron chi connectivity index (χ3n) is 7.94. The Bertz CT molecular complexity index is 962. The molecule has 7 nitrogen and oxygen atoms in total. The summed E-state index contributed by atoms with van der Waals surface area (Å²) < 4.78 is 5.16. The average Bonchev–Trinajstić information content (AvgIpc) is 3.74. The summed E-state index contributed by atoms with van der Waals surface area (Å²) in [6.45, 7) is 7.97. The van der Waals surface area contributed by atoms with Gasteiger partial charge in [0.1, 0.15) is 0 Å². The van der Waals surface area contributed by atoms with E-state index in [2.05, 4.69) is 70.5 Å². The van der Waals surface area contributed by atoms with E-state index in [1.807, 2.05) is 9.80 Å². The topological polar surface area (TPSA) is 56.3 Å².